The second-order valence-corrected chi connectivity index (χ2v) is 5.94. The van der Waals surface area contributed by atoms with Crippen LogP contribution in [0, 0.1) is 5.92 Å². The first kappa shape index (κ1) is 17.4. The van der Waals surface area contributed by atoms with Crippen molar-refractivity contribution in [3.05, 3.63) is 30.1 Å². The number of rotatable bonds is 7. The molecule has 1 fully saturated rings. The van der Waals surface area contributed by atoms with Gasteiger partial charge in [0.2, 0.25) is 5.91 Å². The van der Waals surface area contributed by atoms with Crippen molar-refractivity contribution in [2.45, 2.75) is 25.7 Å². The van der Waals surface area contributed by atoms with Crippen LogP contribution >= 0.6 is 0 Å². The van der Waals surface area contributed by atoms with Gasteiger partial charge in [-0.05, 0) is 43.9 Å². The van der Waals surface area contributed by atoms with Crippen molar-refractivity contribution in [1.29, 1.82) is 0 Å². The highest BCUT2D eigenvalue weighted by Crippen LogP contribution is 2.15. The van der Waals surface area contributed by atoms with E-state index in [0.29, 0.717) is 31.8 Å². The molecule has 1 N–H and O–H groups in total. The molecule has 1 aliphatic rings. The Morgan fingerprint density at radius 2 is 2.30 bits per heavy atom. The Labute approximate surface area is 137 Å². The Balaban J connectivity index is 1.66. The third kappa shape index (κ3) is 6.36. The summed E-state index contributed by atoms with van der Waals surface area (Å²) in [6.45, 7) is 2.74. The smallest absolute Gasteiger partial charge is 0.319 e. The number of aryl methyl sites for hydroxylation is 1. The number of pyridine rings is 1. The summed E-state index contributed by atoms with van der Waals surface area (Å²) in [6, 6.07) is 5.73. The maximum absolute atomic E-state index is 11.9. The number of ether oxygens (including phenoxy) is 1. The monoisotopic (exact) mass is 319 g/mol. The van der Waals surface area contributed by atoms with E-state index < -0.39 is 0 Å². The zero-order valence-corrected chi connectivity index (χ0v) is 13.7. The van der Waals surface area contributed by atoms with Crippen LogP contribution in [0.5, 0.6) is 0 Å². The van der Waals surface area contributed by atoms with Crippen molar-refractivity contribution in [2.24, 2.45) is 5.92 Å². The molecule has 1 aromatic heterocycles. The summed E-state index contributed by atoms with van der Waals surface area (Å²) >= 11 is 0. The number of amides is 1. The van der Waals surface area contributed by atoms with Gasteiger partial charge in [0, 0.05) is 31.4 Å². The van der Waals surface area contributed by atoms with Crippen LogP contribution in [0.25, 0.3) is 0 Å². The molecule has 1 atom stereocenters. The van der Waals surface area contributed by atoms with Crippen LogP contribution in [0.3, 0.4) is 0 Å². The predicted octanol–water partition coefficient (Wildman–Crippen LogP) is 1.02. The molecular formula is C17H25N3O3. The quantitative estimate of drug-likeness (QED) is 0.760. The lowest BCUT2D eigenvalue weighted by atomic mass is 9.98. The van der Waals surface area contributed by atoms with Crippen molar-refractivity contribution in [3.63, 3.8) is 0 Å². The van der Waals surface area contributed by atoms with Crippen molar-refractivity contribution in [1.82, 2.24) is 15.2 Å². The molecule has 0 saturated carbocycles. The van der Waals surface area contributed by atoms with Gasteiger partial charge in [0.05, 0.1) is 13.7 Å². The molecule has 23 heavy (non-hydrogen) atoms. The summed E-state index contributed by atoms with van der Waals surface area (Å²) < 4.78 is 4.70. The third-order valence-electron chi connectivity index (χ3n) is 4.11. The van der Waals surface area contributed by atoms with Gasteiger partial charge in [-0.1, -0.05) is 6.07 Å². The molecule has 1 amide bonds. The molecule has 2 rings (SSSR count). The van der Waals surface area contributed by atoms with E-state index in [9.17, 15) is 9.59 Å². The van der Waals surface area contributed by atoms with Gasteiger partial charge in [0.25, 0.3) is 0 Å². The highest BCUT2D eigenvalue weighted by Gasteiger charge is 2.22. The van der Waals surface area contributed by atoms with Gasteiger partial charge in [-0.15, -0.1) is 0 Å². The number of aromatic nitrogens is 1. The SMILES string of the molecule is COC(=O)CN1CCCC(CNC(=O)CCc2ccccn2)C1. The average Bonchev–Trinajstić information content (AvgIpc) is 2.59. The van der Waals surface area contributed by atoms with Crippen LogP contribution in [0.2, 0.25) is 0 Å². The minimum absolute atomic E-state index is 0.0562. The summed E-state index contributed by atoms with van der Waals surface area (Å²) in [5.74, 6) is 0.248. The number of esters is 1. The Hall–Kier alpha value is -1.95. The Bertz CT molecular complexity index is 507. The van der Waals surface area contributed by atoms with E-state index in [2.05, 4.69) is 15.2 Å². The van der Waals surface area contributed by atoms with Crippen molar-refractivity contribution < 1.29 is 14.3 Å². The Morgan fingerprint density at radius 1 is 1.43 bits per heavy atom. The number of carbonyl (C=O) groups is 2. The van der Waals surface area contributed by atoms with Gasteiger partial charge in [-0.25, -0.2) is 0 Å². The van der Waals surface area contributed by atoms with Crippen LogP contribution in [-0.4, -0.2) is 55.0 Å². The van der Waals surface area contributed by atoms with Crippen molar-refractivity contribution in [2.75, 3.05) is 33.3 Å². The fraction of sp³-hybridized carbons (Fsp3) is 0.588. The number of nitrogens with zero attached hydrogens (tertiary/aromatic N) is 2. The van der Waals surface area contributed by atoms with Crippen LogP contribution in [0.1, 0.15) is 25.0 Å². The topological polar surface area (TPSA) is 71.5 Å². The molecule has 1 saturated heterocycles. The maximum atomic E-state index is 11.9. The Kier molecular flexibility index (Phi) is 7.00. The first-order valence-corrected chi connectivity index (χ1v) is 8.13. The van der Waals surface area contributed by atoms with Gasteiger partial charge in [-0.3, -0.25) is 19.5 Å². The standard InChI is InChI=1S/C17H25N3O3/c1-23-17(22)13-20-10-4-5-14(12-20)11-19-16(21)8-7-15-6-2-3-9-18-15/h2-3,6,9,14H,4-5,7-8,10-13H2,1H3,(H,19,21). The molecule has 6 heteroatoms. The van der Waals surface area contributed by atoms with Crippen LogP contribution < -0.4 is 5.32 Å². The first-order chi connectivity index (χ1) is 11.2. The maximum Gasteiger partial charge on any atom is 0.319 e. The minimum atomic E-state index is -0.204. The fourth-order valence-corrected chi connectivity index (χ4v) is 2.84. The van der Waals surface area contributed by atoms with Crippen molar-refractivity contribution in [3.8, 4) is 0 Å². The number of carbonyl (C=O) groups excluding carboxylic acids is 2. The van der Waals surface area contributed by atoms with Crippen LogP contribution in [-0.2, 0) is 20.7 Å². The summed E-state index contributed by atoms with van der Waals surface area (Å²) in [6.07, 6.45) is 4.98. The van der Waals surface area contributed by atoms with Crippen molar-refractivity contribution >= 4 is 11.9 Å². The largest absolute Gasteiger partial charge is 0.468 e. The molecule has 0 aromatic carbocycles. The van der Waals surface area contributed by atoms with Gasteiger partial charge < -0.3 is 10.1 Å². The number of hydrogen-bond donors (Lipinski definition) is 1. The third-order valence-corrected chi connectivity index (χ3v) is 4.11. The van der Waals surface area contributed by atoms with Crippen LogP contribution in [0.15, 0.2) is 24.4 Å². The van der Waals surface area contributed by atoms with Gasteiger partial charge in [-0.2, -0.15) is 0 Å². The molecular weight excluding hydrogens is 294 g/mol. The Morgan fingerprint density at radius 3 is 3.04 bits per heavy atom. The van der Waals surface area contributed by atoms with E-state index in [4.69, 9.17) is 4.74 Å². The second-order valence-electron chi connectivity index (χ2n) is 5.94. The number of hydrogen-bond acceptors (Lipinski definition) is 5. The lowest BCUT2D eigenvalue weighted by molar-refractivity contribution is -0.142. The molecule has 0 spiro atoms. The molecule has 6 nitrogen and oxygen atoms in total. The van der Waals surface area contributed by atoms with E-state index in [0.717, 1.165) is 31.6 Å². The molecule has 2 heterocycles. The average molecular weight is 319 g/mol. The zero-order chi connectivity index (χ0) is 16.5. The van der Waals surface area contributed by atoms with E-state index in [1.165, 1.54) is 7.11 Å². The lowest BCUT2D eigenvalue weighted by Crippen LogP contribution is -2.43. The number of likely N-dealkylation sites (tertiary alicyclic amines) is 1. The van der Waals surface area contributed by atoms with Crippen LogP contribution in [0.4, 0.5) is 0 Å². The molecule has 0 radical (unpaired) electrons. The fourth-order valence-electron chi connectivity index (χ4n) is 2.84. The van der Waals surface area contributed by atoms with Gasteiger partial charge in [0.1, 0.15) is 0 Å². The molecule has 1 aliphatic heterocycles. The molecule has 0 bridgehead atoms. The lowest BCUT2D eigenvalue weighted by Gasteiger charge is -2.31. The number of nitrogens with one attached hydrogen (secondary N) is 1. The molecule has 0 aliphatic carbocycles. The normalized spacial score (nSPS) is 18.4. The van der Waals surface area contributed by atoms with E-state index in [-0.39, 0.29) is 11.9 Å². The predicted molar refractivity (Wildman–Crippen MR) is 86.7 cm³/mol. The summed E-state index contributed by atoms with van der Waals surface area (Å²) in [5.41, 5.74) is 0.935. The van der Waals surface area contributed by atoms with E-state index >= 15 is 0 Å². The highest BCUT2D eigenvalue weighted by molar-refractivity contribution is 5.76. The highest BCUT2D eigenvalue weighted by atomic mass is 16.5. The number of methoxy groups -OCH3 is 1. The minimum Gasteiger partial charge on any atom is -0.468 e. The van der Waals surface area contributed by atoms with Gasteiger partial charge >= 0.3 is 5.97 Å². The van der Waals surface area contributed by atoms with Gasteiger partial charge in [0.15, 0.2) is 0 Å². The zero-order valence-electron chi connectivity index (χ0n) is 13.7. The molecule has 1 unspecified atom stereocenters. The van der Waals surface area contributed by atoms with E-state index in [1.54, 1.807) is 6.20 Å². The second kappa shape index (κ2) is 9.25. The summed E-state index contributed by atoms with van der Waals surface area (Å²) in [7, 11) is 1.41. The molecule has 126 valence electrons. The summed E-state index contributed by atoms with van der Waals surface area (Å²) in [4.78, 5) is 29.6. The summed E-state index contributed by atoms with van der Waals surface area (Å²) in [5, 5.41) is 3.00. The van der Waals surface area contributed by atoms with E-state index in [1.807, 2.05) is 18.2 Å². The first-order valence-electron chi connectivity index (χ1n) is 8.13. The number of piperidine rings is 1. The molecule has 1 aromatic rings.